The van der Waals surface area contributed by atoms with E-state index in [1.165, 1.54) is 18.3 Å². The van der Waals surface area contributed by atoms with E-state index in [9.17, 15) is 13.2 Å². The Morgan fingerprint density at radius 2 is 1.74 bits per heavy atom. The van der Waals surface area contributed by atoms with Crippen LogP contribution in [-0.2, 0) is 25.9 Å². The summed E-state index contributed by atoms with van der Waals surface area (Å²) in [6.45, 7) is 1.40. The molecule has 0 aliphatic rings. The number of sulfone groups is 1. The highest BCUT2D eigenvalue weighted by molar-refractivity contribution is 7.92. The van der Waals surface area contributed by atoms with E-state index in [1.54, 1.807) is 31.2 Å². The quantitative estimate of drug-likeness (QED) is 0.280. The molecule has 2 aromatic carbocycles. The Bertz CT molecular complexity index is 1610. The van der Waals surface area contributed by atoms with Gasteiger partial charge in [0.2, 0.25) is 9.84 Å². The molecule has 9 heteroatoms. The fourth-order valence-electron chi connectivity index (χ4n) is 4.03. The number of anilines is 1. The lowest BCUT2D eigenvalue weighted by Crippen LogP contribution is -2.47. The number of hydrogen-bond donors (Lipinski definition) is 3. The standard InChI is InChI=1S/C29H26N4O4S/c1-2-8-22-9-3-4-10-24(22)23-16-14-21(15-17-23)19-29(30,38(36,37)27-13-5-6-18-31-27)25-11-7-12-26(33-25)32-20-28(34)35/h3-7,9-18H,19-20,30H2,1H3,(H,32,33)(H,34,35). The van der Waals surface area contributed by atoms with Crippen molar-refractivity contribution >= 4 is 21.6 Å². The number of nitrogens with zero attached hydrogens (tertiary/aromatic N) is 2. The van der Waals surface area contributed by atoms with Gasteiger partial charge in [-0.1, -0.05) is 60.5 Å². The first kappa shape index (κ1) is 26.5. The Morgan fingerprint density at radius 3 is 2.42 bits per heavy atom. The maximum absolute atomic E-state index is 13.9. The van der Waals surface area contributed by atoms with Crippen molar-refractivity contribution in [1.29, 1.82) is 0 Å². The minimum atomic E-state index is -4.23. The molecule has 0 saturated heterocycles. The fourth-order valence-corrected chi connectivity index (χ4v) is 5.61. The molecule has 2 aromatic heterocycles. The molecule has 0 spiro atoms. The summed E-state index contributed by atoms with van der Waals surface area (Å²) >= 11 is 0. The Balaban J connectivity index is 1.76. The van der Waals surface area contributed by atoms with Gasteiger partial charge in [-0.3, -0.25) is 4.79 Å². The molecular formula is C29H26N4O4S. The molecule has 0 fully saturated rings. The first-order valence-corrected chi connectivity index (χ1v) is 13.2. The van der Waals surface area contributed by atoms with E-state index in [2.05, 4.69) is 27.1 Å². The Kier molecular flexibility index (Phi) is 7.86. The second kappa shape index (κ2) is 11.3. The summed E-state index contributed by atoms with van der Waals surface area (Å²) in [5.74, 6) is 5.14. The zero-order valence-corrected chi connectivity index (χ0v) is 21.4. The normalized spacial score (nSPS) is 12.6. The first-order valence-electron chi connectivity index (χ1n) is 11.7. The lowest BCUT2D eigenvalue weighted by Gasteiger charge is -2.29. The summed E-state index contributed by atoms with van der Waals surface area (Å²) in [4.78, 5) is 17.4. The number of aliphatic carboxylic acids is 1. The minimum absolute atomic E-state index is 0.0613. The number of nitrogens with two attached hydrogens (primary N) is 1. The molecule has 4 aromatic rings. The molecular weight excluding hydrogens is 500 g/mol. The van der Waals surface area contributed by atoms with Crippen LogP contribution in [0.15, 0.2) is 96.2 Å². The maximum atomic E-state index is 13.9. The van der Waals surface area contributed by atoms with E-state index in [0.29, 0.717) is 5.56 Å². The lowest BCUT2D eigenvalue weighted by molar-refractivity contribution is -0.134. The zero-order chi connectivity index (χ0) is 27.2. The van der Waals surface area contributed by atoms with Crippen LogP contribution in [0.5, 0.6) is 0 Å². The van der Waals surface area contributed by atoms with Crippen molar-refractivity contribution in [3.05, 3.63) is 108 Å². The molecule has 0 aliphatic carbocycles. The van der Waals surface area contributed by atoms with Crippen LogP contribution in [0.4, 0.5) is 5.82 Å². The van der Waals surface area contributed by atoms with E-state index in [0.717, 1.165) is 16.7 Å². The van der Waals surface area contributed by atoms with Crippen LogP contribution in [0.3, 0.4) is 0 Å². The Hall–Kier alpha value is -4.52. The summed E-state index contributed by atoms with van der Waals surface area (Å²) in [5.41, 5.74) is 10.3. The number of carbonyl (C=O) groups is 1. The first-order chi connectivity index (χ1) is 18.2. The zero-order valence-electron chi connectivity index (χ0n) is 20.6. The highest BCUT2D eigenvalue weighted by atomic mass is 32.2. The molecule has 192 valence electrons. The van der Waals surface area contributed by atoms with Gasteiger partial charge in [0.15, 0.2) is 9.90 Å². The number of carboxylic acid groups (broad SMARTS) is 1. The maximum Gasteiger partial charge on any atom is 0.322 e. The summed E-state index contributed by atoms with van der Waals surface area (Å²) in [6, 6.07) is 24.5. The van der Waals surface area contributed by atoms with E-state index < -0.39 is 20.7 Å². The van der Waals surface area contributed by atoms with Crippen LogP contribution in [-0.4, -0.2) is 36.0 Å². The van der Waals surface area contributed by atoms with Gasteiger partial charge in [0.25, 0.3) is 0 Å². The predicted octanol–water partition coefficient (Wildman–Crippen LogP) is 3.84. The highest BCUT2D eigenvalue weighted by Crippen LogP contribution is 2.34. The fraction of sp³-hybridized carbons (Fsp3) is 0.138. The van der Waals surface area contributed by atoms with Gasteiger partial charge in [-0.05, 0) is 53.9 Å². The minimum Gasteiger partial charge on any atom is -0.480 e. The van der Waals surface area contributed by atoms with Gasteiger partial charge in [-0.2, -0.15) is 0 Å². The van der Waals surface area contributed by atoms with E-state index in [4.69, 9.17) is 10.8 Å². The van der Waals surface area contributed by atoms with E-state index in [-0.39, 0.29) is 29.5 Å². The van der Waals surface area contributed by atoms with Crippen molar-refractivity contribution < 1.29 is 18.3 Å². The second-order valence-corrected chi connectivity index (χ2v) is 10.7. The van der Waals surface area contributed by atoms with Crippen molar-refractivity contribution in [3.63, 3.8) is 0 Å². The molecule has 8 nitrogen and oxygen atoms in total. The monoisotopic (exact) mass is 526 g/mol. The van der Waals surface area contributed by atoms with Crippen LogP contribution in [0.2, 0.25) is 0 Å². The average Bonchev–Trinajstić information content (AvgIpc) is 2.93. The number of aromatic nitrogens is 2. The molecule has 1 unspecified atom stereocenters. The summed E-state index contributed by atoms with van der Waals surface area (Å²) in [5, 5.41) is 11.5. The number of carboxylic acids is 1. The van der Waals surface area contributed by atoms with Crippen LogP contribution >= 0.6 is 0 Å². The summed E-state index contributed by atoms with van der Waals surface area (Å²) < 4.78 is 27.8. The average molecular weight is 527 g/mol. The molecule has 4 N–H and O–H groups in total. The number of benzene rings is 2. The lowest BCUT2D eigenvalue weighted by atomic mass is 9.96. The number of hydrogen-bond acceptors (Lipinski definition) is 7. The summed E-state index contributed by atoms with van der Waals surface area (Å²) in [6.07, 6.45) is 1.29. The van der Waals surface area contributed by atoms with Crippen molar-refractivity contribution in [3.8, 4) is 23.0 Å². The molecule has 0 saturated carbocycles. The highest BCUT2D eigenvalue weighted by Gasteiger charge is 2.45. The van der Waals surface area contributed by atoms with Crippen molar-refractivity contribution in [2.45, 2.75) is 23.2 Å². The van der Waals surface area contributed by atoms with Gasteiger partial charge in [-0.15, -0.1) is 5.92 Å². The van der Waals surface area contributed by atoms with Crippen LogP contribution < -0.4 is 11.1 Å². The number of rotatable bonds is 9. The molecule has 0 amide bonds. The van der Waals surface area contributed by atoms with E-state index in [1.807, 2.05) is 48.5 Å². The van der Waals surface area contributed by atoms with Gasteiger partial charge in [0.1, 0.15) is 12.4 Å². The number of pyridine rings is 2. The van der Waals surface area contributed by atoms with Crippen LogP contribution in [0.1, 0.15) is 23.7 Å². The van der Waals surface area contributed by atoms with Crippen LogP contribution in [0, 0.1) is 11.8 Å². The van der Waals surface area contributed by atoms with Crippen molar-refractivity contribution in [1.82, 2.24) is 9.97 Å². The SMILES string of the molecule is CC#Cc1ccccc1-c1ccc(CC(N)(c2cccc(NCC(=O)O)n2)S(=O)(=O)c2ccccn2)cc1. The van der Waals surface area contributed by atoms with Crippen LogP contribution in [0.25, 0.3) is 11.1 Å². The largest absolute Gasteiger partial charge is 0.480 e. The Labute approximate surface area is 221 Å². The van der Waals surface area contributed by atoms with Gasteiger partial charge < -0.3 is 16.2 Å². The van der Waals surface area contributed by atoms with Crippen molar-refractivity contribution in [2.24, 2.45) is 5.73 Å². The summed E-state index contributed by atoms with van der Waals surface area (Å²) in [7, 11) is -4.23. The van der Waals surface area contributed by atoms with Gasteiger partial charge >= 0.3 is 5.97 Å². The molecule has 0 aliphatic heterocycles. The molecule has 38 heavy (non-hydrogen) atoms. The third kappa shape index (κ3) is 5.57. The molecule has 0 bridgehead atoms. The molecule has 4 rings (SSSR count). The predicted molar refractivity (Wildman–Crippen MR) is 146 cm³/mol. The molecule has 0 radical (unpaired) electrons. The molecule has 2 heterocycles. The van der Waals surface area contributed by atoms with Crippen molar-refractivity contribution in [2.75, 3.05) is 11.9 Å². The second-order valence-electron chi connectivity index (χ2n) is 8.51. The van der Waals surface area contributed by atoms with Gasteiger partial charge in [0.05, 0.1) is 5.69 Å². The van der Waals surface area contributed by atoms with E-state index >= 15 is 0 Å². The van der Waals surface area contributed by atoms with Gasteiger partial charge in [-0.25, -0.2) is 18.4 Å². The molecule has 1 atom stereocenters. The van der Waals surface area contributed by atoms with Gasteiger partial charge in [0, 0.05) is 18.2 Å². The Morgan fingerprint density at radius 1 is 1.00 bits per heavy atom. The third-order valence-electron chi connectivity index (χ3n) is 5.91. The topological polar surface area (TPSA) is 135 Å². The smallest absolute Gasteiger partial charge is 0.322 e. The number of nitrogens with one attached hydrogen (secondary N) is 1. The third-order valence-corrected chi connectivity index (χ3v) is 8.02.